The number of nitrogens with zero attached hydrogens (tertiary/aromatic N) is 1. The topological polar surface area (TPSA) is 90.0 Å². The molecule has 0 bridgehead atoms. The third-order valence-electron chi connectivity index (χ3n) is 5.30. The molecule has 1 saturated carbocycles. The highest BCUT2D eigenvalue weighted by molar-refractivity contribution is 7.89. The van der Waals surface area contributed by atoms with Crippen LogP contribution in [0, 0.1) is 18.8 Å². The summed E-state index contributed by atoms with van der Waals surface area (Å²) in [6.45, 7) is 2.51. The van der Waals surface area contributed by atoms with Gasteiger partial charge < -0.3 is 14.3 Å². The lowest BCUT2D eigenvalue weighted by atomic mass is 9.76. The van der Waals surface area contributed by atoms with E-state index in [9.17, 15) is 18.0 Å². The molecule has 1 aromatic rings. The Morgan fingerprint density at radius 3 is 2.74 bits per heavy atom. The molecule has 0 unspecified atom stereocenters. The van der Waals surface area contributed by atoms with E-state index < -0.39 is 22.0 Å². The average molecular weight is 395 g/mol. The Kier molecular flexibility index (Phi) is 5.86. The number of sulfonamides is 1. The number of ether oxygens (including phenoxy) is 2. The van der Waals surface area contributed by atoms with Crippen LogP contribution in [0.15, 0.2) is 23.1 Å². The number of hydrogen-bond donors (Lipinski definition) is 0. The van der Waals surface area contributed by atoms with E-state index in [2.05, 4.69) is 0 Å². The summed E-state index contributed by atoms with van der Waals surface area (Å²) in [4.78, 5) is 22.8. The lowest BCUT2D eigenvalue weighted by molar-refractivity contribution is -0.144. The van der Waals surface area contributed by atoms with Gasteiger partial charge in [-0.2, -0.15) is 4.31 Å². The number of methoxy groups -OCH3 is 1. The number of benzene rings is 1. The maximum atomic E-state index is 13.2. The molecule has 1 heterocycles. The van der Waals surface area contributed by atoms with E-state index in [4.69, 9.17) is 9.47 Å². The maximum Gasteiger partial charge on any atom is 0.324 e. The second-order valence-corrected chi connectivity index (χ2v) is 9.15. The zero-order valence-electron chi connectivity index (χ0n) is 15.6. The van der Waals surface area contributed by atoms with Crippen molar-refractivity contribution in [2.24, 2.45) is 11.8 Å². The summed E-state index contributed by atoms with van der Waals surface area (Å²) in [5, 5.41) is 0. The fourth-order valence-electron chi connectivity index (χ4n) is 3.71. The molecule has 0 N–H and O–H groups in total. The molecule has 0 spiro atoms. The molecular weight excluding hydrogens is 370 g/mol. The molecule has 1 saturated heterocycles. The first-order chi connectivity index (χ1) is 12.9. The van der Waals surface area contributed by atoms with Gasteiger partial charge in [0, 0.05) is 12.5 Å². The Labute approximate surface area is 159 Å². The van der Waals surface area contributed by atoms with Crippen molar-refractivity contribution in [1.29, 1.82) is 0 Å². The van der Waals surface area contributed by atoms with Crippen LogP contribution < -0.4 is 4.74 Å². The molecule has 0 amide bonds. The van der Waals surface area contributed by atoms with Gasteiger partial charge in [-0.25, -0.2) is 8.42 Å². The maximum absolute atomic E-state index is 13.2. The second kappa shape index (κ2) is 7.98. The van der Waals surface area contributed by atoms with Crippen LogP contribution >= 0.6 is 0 Å². The fourth-order valence-corrected chi connectivity index (χ4v) is 5.47. The van der Waals surface area contributed by atoms with Crippen LogP contribution in [0.4, 0.5) is 0 Å². The highest BCUT2D eigenvalue weighted by atomic mass is 32.2. The summed E-state index contributed by atoms with van der Waals surface area (Å²) in [5.41, 5.74) is 0.884. The molecule has 8 heteroatoms. The van der Waals surface area contributed by atoms with Gasteiger partial charge in [-0.15, -0.1) is 0 Å². The number of esters is 1. The Morgan fingerprint density at radius 2 is 2.07 bits per heavy atom. The van der Waals surface area contributed by atoms with Crippen molar-refractivity contribution in [3.05, 3.63) is 23.8 Å². The number of aldehydes is 1. The molecule has 1 aromatic carbocycles. The smallest absolute Gasteiger partial charge is 0.324 e. The van der Waals surface area contributed by atoms with Crippen molar-refractivity contribution < 1.29 is 27.5 Å². The molecule has 7 nitrogen and oxygen atoms in total. The largest absolute Gasteiger partial charge is 0.492 e. The summed E-state index contributed by atoms with van der Waals surface area (Å²) in [7, 11) is -2.63. The Morgan fingerprint density at radius 1 is 1.33 bits per heavy atom. The standard InChI is InChI=1S/C19H25NO6S/c1-13-5-6-18(17(8-13)26-12-15-9-14(10-15)11-21)27(23,24)20-7-3-4-16(20)19(22)25-2/h5-6,8,11,14-16H,3-4,7,9-10,12H2,1-2H3/t14?,15?,16-/m0/s1. The molecule has 2 fully saturated rings. The zero-order valence-corrected chi connectivity index (χ0v) is 16.4. The molecule has 1 atom stereocenters. The molecule has 27 heavy (non-hydrogen) atoms. The minimum Gasteiger partial charge on any atom is -0.492 e. The predicted molar refractivity (Wildman–Crippen MR) is 97.9 cm³/mol. The minimum absolute atomic E-state index is 0.0650. The Hall–Kier alpha value is -1.93. The summed E-state index contributed by atoms with van der Waals surface area (Å²) >= 11 is 0. The quantitative estimate of drug-likeness (QED) is 0.518. The predicted octanol–water partition coefficient (Wildman–Crippen LogP) is 1.93. The number of aryl methyl sites for hydroxylation is 1. The van der Waals surface area contributed by atoms with Gasteiger partial charge in [-0.1, -0.05) is 6.07 Å². The number of rotatable bonds is 7. The van der Waals surface area contributed by atoms with Gasteiger partial charge >= 0.3 is 5.97 Å². The van der Waals surface area contributed by atoms with Crippen LogP contribution in [0.25, 0.3) is 0 Å². The third kappa shape index (κ3) is 4.01. The molecule has 1 aliphatic heterocycles. The Bertz CT molecular complexity index is 815. The summed E-state index contributed by atoms with van der Waals surface area (Å²) in [6, 6.07) is 4.15. The zero-order chi connectivity index (χ0) is 19.6. The number of hydrogen-bond acceptors (Lipinski definition) is 6. The average Bonchev–Trinajstić information content (AvgIpc) is 3.10. The Balaban J connectivity index is 1.82. The van der Waals surface area contributed by atoms with Crippen LogP contribution in [0.1, 0.15) is 31.2 Å². The van der Waals surface area contributed by atoms with Gasteiger partial charge in [0.15, 0.2) is 0 Å². The van der Waals surface area contributed by atoms with Gasteiger partial charge in [0.05, 0.1) is 13.7 Å². The molecule has 0 radical (unpaired) electrons. The highest BCUT2D eigenvalue weighted by Gasteiger charge is 2.41. The van der Waals surface area contributed by atoms with E-state index in [-0.39, 0.29) is 23.3 Å². The van der Waals surface area contributed by atoms with Crippen molar-refractivity contribution in [2.75, 3.05) is 20.3 Å². The van der Waals surface area contributed by atoms with Crippen LogP contribution in [-0.4, -0.2) is 51.3 Å². The normalized spacial score (nSPS) is 25.6. The monoisotopic (exact) mass is 395 g/mol. The first-order valence-corrected chi connectivity index (χ1v) is 10.6. The van der Waals surface area contributed by atoms with Crippen molar-refractivity contribution in [3.8, 4) is 5.75 Å². The molecule has 148 valence electrons. The summed E-state index contributed by atoms with van der Waals surface area (Å²) < 4.78 is 38.2. The molecule has 1 aliphatic carbocycles. The summed E-state index contributed by atoms with van der Waals surface area (Å²) in [6.07, 6.45) is 3.56. The van der Waals surface area contributed by atoms with Crippen LogP contribution in [-0.2, 0) is 24.3 Å². The highest BCUT2D eigenvalue weighted by Crippen LogP contribution is 2.36. The molecular formula is C19H25NO6S. The van der Waals surface area contributed by atoms with Gasteiger partial charge in [0.25, 0.3) is 0 Å². The van der Waals surface area contributed by atoms with Gasteiger partial charge in [-0.3, -0.25) is 4.79 Å². The SMILES string of the molecule is COC(=O)[C@@H]1CCCN1S(=O)(=O)c1ccc(C)cc1OCC1CC(C=O)C1. The van der Waals surface area contributed by atoms with E-state index in [0.717, 1.165) is 24.7 Å². The van der Waals surface area contributed by atoms with Gasteiger partial charge in [0.2, 0.25) is 10.0 Å². The van der Waals surface area contributed by atoms with Crippen molar-refractivity contribution >= 4 is 22.3 Å². The van der Waals surface area contributed by atoms with E-state index >= 15 is 0 Å². The van der Waals surface area contributed by atoms with Crippen LogP contribution in [0.5, 0.6) is 5.75 Å². The van der Waals surface area contributed by atoms with E-state index in [0.29, 0.717) is 25.2 Å². The lowest BCUT2D eigenvalue weighted by Gasteiger charge is -2.31. The molecule has 0 aromatic heterocycles. The minimum atomic E-state index is -3.89. The van der Waals surface area contributed by atoms with Crippen LogP contribution in [0.2, 0.25) is 0 Å². The van der Waals surface area contributed by atoms with E-state index in [1.54, 1.807) is 12.1 Å². The van der Waals surface area contributed by atoms with Gasteiger partial charge in [0.1, 0.15) is 23.0 Å². The van der Waals surface area contributed by atoms with E-state index in [1.807, 2.05) is 6.92 Å². The number of carbonyl (C=O) groups is 2. The molecule has 2 aliphatic rings. The number of carbonyl (C=O) groups excluding carboxylic acids is 2. The summed E-state index contributed by atoms with van der Waals surface area (Å²) in [5.74, 6) is 0.0932. The van der Waals surface area contributed by atoms with Crippen molar-refractivity contribution in [2.45, 2.75) is 43.5 Å². The first kappa shape index (κ1) is 19.8. The second-order valence-electron chi connectivity index (χ2n) is 7.29. The third-order valence-corrected chi connectivity index (χ3v) is 7.25. The van der Waals surface area contributed by atoms with Gasteiger partial charge in [-0.05, 0) is 56.2 Å². The van der Waals surface area contributed by atoms with Crippen molar-refractivity contribution in [1.82, 2.24) is 4.31 Å². The van der Waals surface area contributed by atoms with Crippen LogP contribution in [0.3, 0.4) is 0 Å². The fraction of sp³-hybridized carbons (Fsp3) is 0.579. The first-order valence-electron chi connectivity index (χ1n) is 9.15. The molecule has 3 rings (SSSR count). The van der Waals surface area contributed by atoms with Crippen molar-refractivity contribution in [3.63, 3.8) is 0 Å². The lowest BCUT2D eigenvalue weighted by Crippen LogP contribution is -2.41. The van der Waals surface area contributed by atoms with E-state index in [1.165, 1.54) is 17.5 Å².